The van der Waals surface area contributed by atoms with E-state index in [-0.39, 0.29) is 11.2 Å². The first-order valence-corrected chi connectivity index (χ1v) is 7.34. The third kappa shape index (κ3) is 2.77. The van der Waals surface area contributed by atoms with Crippen molar-refractivity contribution in [3.05, 3.63) is 61.9 Å². The summed E-state index contributed by atoms with van der Waals surface area (Å²) < 4.78 is 1.73. The average molecular weight is 285 g/mol. The van der Waals surface area contributed by atoms with Crippen molar-refractivity contribution in [1.82, 2.24) is 9.55 Å². The zero-order valence-corrected chi connectivity index (χ0v) is 11.9. The highest BCUT2D eigenvalue weighted by Crippen LogP contribution is 2.17. The molecule has 1 aliphatic carbocycles. The molecule has 0 atom stereocenters. The number of nitrogen functional groups attached to an aromatic ring is 1. The largest absolute Gasteiger partial charge is 0.399 e. The number of nitrogens with zero attached hydrogens (tertiary/aromatic N) is 1. The van der Waals surface area contributed by atoms with E-state index < -0.39 is 0 Å². The third-order valence-electron chi connectivity index (χ3n) is 4.11. The van der Waals surface area contributed by atoms with Gasteiger partial charge in [0.1, 0.15) is 0 Å². The molecule has 0 unspecified atom stereocenters. The van der Waals surface area contributed by atoms with E-state index in [2.05, 4.69) is 4.98 Å². The van der Waals surface area contributed by atoms with Crippen molar-refractivity contribution in [2.24, 2.45) is 0 Å². The molecule has 0 spiro atoms. The first-order chi connectivity index (χ1) is 10.1. The van der Waals surface area contributed by atoms with Crippen LogP contribution < -0.4 is 17.0 Å². The van der Waals surface area contributed by atoms with E-state index in [1.165, 1.54) is 0 Å². The molecule has 0 amide bonds. The van der Waals surface area contributed by atoms with Crippen molar-refractivity contribution in [2.45, 2.75) is 38.6 Å². The Balaban J connectivity index is 1.90. The minimum absolute atomic E-state index is 0.210. The number of rotatable bonds is 3. The number of H-pyrrole nitrogens is 1. The van der Waals surface area contributed by atoms with Gasteiger partial charge in [0.25, 0.3) is 5.56 Å². The summed E-state index contributed by atoms with van der Waals surface area (Å²) in [4.78, 5) is 26.4. The van der Waals surface area contributed by atoms with Gasteiger partial charge in [0.2, 0.25) is 0 Å². The third-order valence-corrected chi connectivity index (χ3v) is 4.11. The quantitative estimate of drug-likeness (QED) is 0.833. The molecule has 3 rings (SSSR count). The topological polar surface area (TPSA) is 80.9 Å². The van der Waals surface area contributed by atoms with E-state index in [9.17, 15) is 9.59 Å². The van der Waals surface area contributed by atoms with Crippen molar-refractivity contribution in [2.75, 3.05) is 5.73 Å². The van der Waals surface area contributed by atoms with Crippen molar-refractivity contribution in [1.29, 1.82) is 0 Å². The van der Waals surface area contributed by atoms with Crippen molar-refractivity contribution in [3.8, 4) is 0 Å². The Morgan fingerprint density at radius 3 is 2.57 bits per heavy atom. The van der Waals surface area contributed by atoms with Gasteiger partial charge < -0.3 is 5.73 Å². The van der Waals surface area contributed by atoms with Crippen LogP contribution >= 0.6 is 0 Å². The summed E-state index contributed by atoms with van der Waals surface area (Å²) in [7, 11) is 0. The number of benzene rings is 1. The summed E-state index contributed by atoms with van der Waals surface area (Å²) in [6.07, 6.45) is 4.39. The molecule has 1 aromatic heterocycles. The predicted molar refractivity (Wildman–Crippen MR) is 82.5 cm³/mol. The summed E-state index contributed by atoms with van der Waals surface area (Å²) >= 11 is 0. The maximum absolute atomic E-state index is 12.1. The number of aromatic amines is 1. The number of hydrogen-bond donors (Lipinski definition) is 2. The minimum Gasteiger partial charge on any atom is -0.399 e. The highest BCUT2D eigenvalue weighted by molar-refractivity contribution is 5.39. The lowest BCUT2D eigenvalue weighted by Crippen LogP contribution is -2.37. The van der Waals surface area contributed by atoms with Crippen LogP contribution in [0.1, 0.15) is 29.7 Å². The second-order valence-electron chi connectivity index (χ2n) is 5.53. The number of aromatic nitrogens is 2. The van der Waals surface area contributed by atoms with Gasteiger partial charge in [-0.1, -0.05) is 12.1 Å². The molecule has 0 saturated carbocycles. The highest BCUT2D eigenvalue weighted by atomic mass is 16.2. The van der Waals surface area contributed by atoms with Crippen LogP contribution in [0, 0.1) is 0 Å². The van der Waals surface area contributed by atoms with E-state index in [0.717, 1.165) is 54.6 Å². The monoisotopic (exact) mass is 285 g/mol. The first kappa shape index (κ1) is 13.7. The normalized spacial score (nSPS) is 13.9. The van der Waals surface area contributed by atoms with Crippen molar-refractivity contribution >= 4 is 5.69 Å². The van der Waals surface area contributed by atoms with Crippen LogP contribution in [0.5, 0.6) is 0 Å². The Morgan fingerprint density at radius 2 is 1.81 bits per heavy atom. The van der Waals surface area contributed by atoms with E-state index in [0.29, 0.717) is 6.54 Å². The lowest BCUT2D eigenvalue weighted by atomic mass is 9.96. The smallest absolute Gasteiger partial charge is 0.328 e. The Bertz CT molecular complexity index is 757. The van der Waals surface area contributed by atoms with Crippen LogP contribution in [0.2, 0.25) is 0 Å². The summed E-state index contributed by atoms with van der Waals surface area (Å²) in [5.74, 6) is 0. The van der Waals surface area contributed by atoms with Crippen molar-refractivity contribution < 1.29 is 0 Å². The summed E-state index contributed by atoms with van der Waals surface area (Å²) in [5.41, 5.74) is 8.74. The lowest BCUT2D eigenvalue weighted by Gasteiger charge is -2.19. The molecule has 110 valence electrons. The molecule has 21 heavy (non-hydrogen) atoms. The second kappa shape index (κ2) is 5.60. The van der Waals surface area contributed by atoms with Gasteiger partial charge in [-0.05, 0) is 49.8 Å². The van der Waals surface area contributed by atoms with E-state index in [1.54, 1.807) is 4.57 Å². The molecular formula is C16H19N3O2. The molecule has 5 nitrogen and oxygen atoms in total. The molecule has 0 radical (unpaired) electrons. The van der Waals surface area contributed by atoms with E-state index in [4.69, 9.17) is 5.73 Å². The lowest BCUT2D eigenvalue weighted by molar-refractivity contribution is 0.552. The first-order valence-electron chi connectivity index (χ1n) is 7.34. The standard InChI is InChI=1S/C16H19N3O2/c17-12-7-5-11(6-8-12)9-10-19-14-4-2-1-3-13(14)15(20)18-16(19)21/h5-8H,1-4,9-10,17H2,(H,18,20,21). The van der Waals surface area contributed by atoms with Gasteiger partial charge >= 0.3 is 5.69 Å². The van der Waals surface area contributed by atoms with Crippen LogP contribution in [0.3, 0.4) is 0 Å². The molecule has 0 fully saturated rings. The molecule has 1 heterocycles. The van der Waals surface area contributed by atoms with Gasteiger partial charge in [0, 0.05) is 23.5 Å². The highest BCUT2D eigenvalue weighted by Gasteiger charge is 2.17. The molecular weight excluding hydrogens is 266 g/mol. The molecule has 1 aromatic carbocycles. The Hall–Kier alpha value is -2.30. The number of aryl methyl sites for hydroxylation is 1. The summed E-state index contributed by atoms with van der Waals surface area (Å²) in [6.45, 7) is 0.585. The fourth-order valence-corrected chi connectivity index (χ4v) is 2.96. The molecule has 1 aliphatic rings. The van der Waals surface area contributed by atoms with Gasteiger partial charge in [-0.2, -0.15) is 0 Å². The number of nitrogens with one attached hydrogen (secondary N) is 1. The van der Waals surface area contributed by atoms with Crippen LogP contribution in [0.4, 0.5) is 5.69 Å². The van der Waals surface area contributed by atoms with Crippen LogP contribution in [-0.4, -0.2) is 9.55 Å². The molecule has 0 bridgehead atoms. The fourth-order valence-electron chi connectivity index (χ4n) is 2.96. The van der Waals surface area contributed by atoms with Gasteiger partial charge in [-0.15, -0.1) is 0 Å². The Kier molecular flexibility index (Phi) is 3.64. The maximum atomic E-state index is 12.1. The van der Waals surface area contributed by atoms with Gasteiger partial charge in [-0.25, -0.2) is 4.79 Å². The Labute approximate surface area is 122 Å². The molecule has 0 aliphatic heterocycles. The Morgan fingerprint density at radius 1 is 1.10 bits per heavy atom. The molecule has 3 N–H and O–H groups in total. The minimum atomic E-state index is -0.295. The van der Waals surface area contributed by atoms with Gasteiger partial charge in [0.15, 0.2) is 0 Å². The zero-order valence-electron chi connectivity index (χ0n) is 11.9. The second-order valence-corrected chi connectivity index (χ2v) is 5.53. The molecule has 5 heteroatoms. The number of nitrogens with two attached hydrogens (primary N) is 1. The SMILES string of the molecule is Nc1ccc(CCn2c3c(c(=O)[nH]c2=O)CCCC3)cc1. The predicted octanol–water partition coefficient (Wildman–Crippen LogP) is 1.24. The van der Waals surface area contributed by atoms with E-state index in [1.807, 2.05) is 24.3 Å². The molecule has 2 aromatic rings. The average Bonchev–Trinajstić information content (AvgIpc) is 2.49. The van der Waals surface area contributed by atoms with Gasteiger partial charge in [-0.3, -0.25) is 14.3 Å². The van der Waals surface area contributed by atoms with Crippen LogP contribution in [0.15, 0.2) is 33.9 Å². The maximum Gasteiger partial charge on any atom is 0.328 e. The summed E-state index contributed by atoms with van der Waals surface area (Å²) in [6, 6.07) is 7.66. The number of anilines is 1. The van der Waals surface area contributed by atoms with Gasteiger partial charge in [0.05, 0.1) is 0 Å². The van der Waals surface area contributed by atoms with Crippen molar-refractivity contribution in [3.63, 3.8) is 0 Å². The van der Waals surface area contributed by atoms with Crippen LogP contribution in [0.25, 0.3) is 0 Å². The fraction of sp³-hybridized carbons (Fsp3) is 0.375. The van der Waals surface area contributed by atoms with Crippen LogP contribution in [-0.2, 0) is 25.8 Å². The zero-order chi connectivity index (χ0) is 14.8. The summed E-state index contributed by atoms with van der Waals surface area (Å²) in [5, 5.41) is 0. The number of fused-ring (bicyclic) bond motifs is 1. The van der Waals surface area contributed by atoms with E-state index >= 15 is 0 Å². The number of hydrogen-bond acceptors (Lipinski definition) is 3. The molecule has 0 saturated heterocycles.